The van der Waals surface area contributed by atoms with Crippen LogP contribution in [0.15, 0.2) is 53.0 Å². The molecule has 1 atom stereocenters. The molecule has 1 saturated heterocycles. The molecule has 164 valence electrons. The zero-order chi connectivity index (χ0) is 23.0. The predicted molar refractivity (Wildman–Crippen MR) is 123 cm³/mol. The summed E-state index contributed by atoms with van der Waals surface area (Å²) in [7, 11) is 1.66. The number of amides is 4. The van der Waals surface area contributed by atoms with Gasteiger partial charge in [-0.15, -0.1) is 0 Å². The fraction of sp³-hybridized carbons (Fsp3) is 0.375. The molecule has 1 heterocycles. The Morgan fingerprint density at radius 2 is 1.71 bits per heavy atom. The van der Waals surface area contributed by atoms with E-state index in [0.29, 0.717) is 12.1 Å². The number of likely N-dealkylation sites (N-methyl/N-ethyl adjacent to an activating group) is 1. The third kappa shape index (κ3) is 4.66. The first kappa shape index (κ1) is 23.0. The molecule has 31 heavy (non-hydrogen) atoms. The van der Waals surface area contributed by atoms with Crippen LogP contribution < -0.4 is 5.32 Å². The maximum absolute atomic E-state index is 13.2. The molecule has 0 aromatic heterocycles. The number of carbonyl (C=O) groups excluding carboxylic acids is 3. The molecular formula is C24H28BrN3O3. The molecule has 0 saturated carbocycles. The molecule has 0 spiro atoms. The SMILES string of the molecule is CN(Cc1ccccc1Br)C(=O)CN1C(=O)NC(C)(c2ccc(C(C)(C)C)cc2)C1=O. The van der Waals surface area contributed by atoms with Gasteiger partial charge < -0.3 is 10.2 Å². The summed E-state index contributed by atoms with van der Waals surface area (Å²) < 4.78 is 0.899. The lowest BCUT2D eigenvalue weighted by Gasteiger charge is -2.25. The van der Waals surface area contributed by atoms with Gasteiger partial charge in [-0.3, -0.25) is 14.5 Å². The zero-order valence-corrected chi connectivity index (χ0v) is 20.1. The molecule has 0 aliphatic carbocycles. The van der Waals surface area contributed by atoms with Crippen molar-refractivity contribution in [3.63, 3.8) is 0 Å². The average molecular weight is 486 g/mol. The first-order chi connectivity index (χ1) is 14.4. The van der Waals surface area contributed by atoms with E-state index in [0.717, 1.165) is 20.5 Å². The first-order valence-electron chi connectivity index (χ1n) is 10.2. The van der Waals surface area contributed by atoms with Crippen LogP contribution in [0.4, 0.5) is 4.79 Å². The van der Waals surface area contributed by atoms with Crippen molar-refractivity contribution in [1.82, 2.24) is 15.1 Å². The molecule has 1 unspecified atom stereocenters. The summed E-state index contributed by atoms with van der Waals surface area (Å²) in [5.74, 6) is -0.741. The van der Waals surface area contributed by atoms with Crippen molar-refractivity contribution >= 4 is 33.8 Å². The number of carbonyl (C=O) groups is 3. The highest BCUT2D eigenvalue weighted by Crippen LogP contribution is 2.31. The van der Waals surface area contributed by atoms with Crippen molar-refractivity contribution < 1.29 is 14.4 Å². The highest BCUT2D eigenvalue weighted by Gasteiger charge is 2.49. The van der Waals surface area contributed by atoms with E-state index < -0.39 is 17.5 Å². The lowest BCUT2D eigenvalue weighted by Crippen LogP contribution is -2.43. The van der Waals surface area contributed by atoms with Gasteiger partial charge >= 0.3 is 6.03 Å². The van der Waals surface area contributed by atoms with E-state index in [1.807, 2.05) is 48.5 Å². The fourth-order valence-corrected chi connectivity index (χ4v) is 3.98. The number of imide groups is 1. The minimum atomic E-state index is -1.20. The Kier molecular flexibility index (Phi) is 6.28. The molecule has 1 fully saturated rings. The molecular weight excluding hydrogens is 458 g/mol. The summed E-state index contributed by atoms with van der Waals surface area (Å²) in [6, 6.07) is 14.7. The van der Waals surface area contributed by atoms with Crippen molar-refractivity contribution in [3.8, 4) is 0 Å². The highest BCUT2D eigenvalue weighted by atomic mass is 79.9. The van der Waals surface area contributed by atoms with Crippen molar-refractivity contribution in [1.29, 1.82) is 0 Å². The zero-order valence-electron chi connectivity index (χ0n) is 18.5. The normalized spacial score (nSPS) is 18.8. The molecule has 1 aliphatic rings. The average Bonchev–Trinajstić information content (AvgIpc) is 2.93. The van der Waals surface area contributed by atoms with Crippen LogP contribution in [0.25, 0.3) is 0 Å². The molecule has 3 rings (SSSR count). The van der Waals surface area contributed by atoms with Gasteiger partial charge in [0.1, 0.15) is 12.1 Å². The van der Waals surface area contributed by atoms with E-state index in [-0.39, 0.29) is 17.9 Å². The van der Waals surface area contributed by atoms with Crippen LogP contribution in [0.2, 0.25) is 0 Å². The van der Waals surface area contributed by atoms with Crippen LogP contribution in [0, 0.1) is 0 Å². The number of benzene rings is 2. The van der Waals surface area contributed by atoms with Gasteiger partial charge in [0.25, 0.3) is 5.91 Å². The number of halogens is 1. The Hall–Kier alpha value is -2.67. The van der Waals surface area contributed by atoms with E-state index in [2.05, 4.69) is 42.0 Å². The van der Waals surface area contributed by atoms with Crippen molar-refractivity contribution in [2.45, 2.75) is 45.2 Å². The van der Waals surface area contributed by atoms with Crippen molar-refractivity contribution in [2.75, 3.05) is 13.6 Å². The quantitative estimate of drug-likeness (QED) is 0.645. The van der Waals surface area contributed by atoms with Crippen LogP contribution in [0.1, 0.15) is 44.4 Å². The standard InChI is InChI=1S/C24H28BrN3O3/c1-23(2,3)17-10-12-18(13-11-17)24(4)21(30)28(22(31)26-24)15-20(29)27(5)14-16-8-6-7-9-19(16)25/h6-13H,14-15H2,1-5H3,(H,26,31). The van der Waals surface area contributed by atoms with Crippen molar-refractivity contribution in [2.24, 2.45) is 0 Å². The molecule has 6 nitrogen and oxygen atoms in total. The summed E-state index contributed by atoms with van der Waals surface area (Å²) in [4.78, 5) is 41.0. The lowest BCUT2D eigenvalue weighted by molar-refractivity contribution is -0.138. The van der Waals surface area contributed by atoms with Gasteiger partial charge in [-0.25, -0.2) is 4.79 Å². The van der Waals surface area contributed by atoms with E-state index in [1.54, 1.807) is 14.0 Å². The third-order valence-corrected chi connectivity index (χ3v) is 6.46. The number of nitrogens with one attached hydrogen (secondary N) is 1. The first-order valence-corrected chi connectivity index (χ1v) is 11.0. The second-order valence-electron chi connectivity index (χ2n) is 9.12. The van der Waals surface area contributed by atoms with Gasteiger partial charge in [-0.1, -0.05) is 79.2 Å². The Morgan fingerprint density at radius 3 is 2.29 bits per heavy atom. The van der Waals surface area contributed by atoms with Crippen LogP contribution in [0.5, 0.6) is 0 Å². The Morgan fingerprint density at radius 1 is 1.10 bits per heavy atom. The van der Waals surface area contributed by atoms with Gasteiger partial charge in [0, 0.05) is 18.1 Å². The maximum atomic E-state index is 13.2. The topological polar surface area (TPSA) is 69.7 Å². The number of urea groups is 1. The summed E-state index contributed by atoms with van der Waals surface area (Å²) in [5, 5.41) is 2.77. The summed E-state index contributed by atoms with van der Waals surface area (Å²) in [5.41, 5.74) is 1.56. The van der Waals surface area contributed by atoms with Gasteiger partial charge in [0.05, 0.1) is 0 Å². The molecule has 2 aromatic carbocycles. The van der Waals surface area contributed by atoms with Crippen LogP contribution in [-0.4, -0.2) is 41.2 Å². The van der Waals surface area contributed by atoms with Crippen LogP contribution >= 0.6 is 15.9 Å². The molecule has 1 aliphatic heterocycles. The van der Waals surface area contributed by atoms with E-state index >= 15 is 0 Å². The molecule has 4 amide bonds. The largest absolute Gasteiger partial charge is 0.340 e. The second kappa shape index (κ2) is 8.46. The minimum absolute atomic E-state index is 0.0147. The second-order valence-corrected chi connectivity index (χ2v) is 9.97. The summed E-state index contributed by atoms with van der Waals surface area (Å²) >= 11 is 3.47. The number of nitrogens with zero attached hydrogens (tertiary/aromatic N) is 2. The van der Waals surface area contributed by atoms with E-state index in [4.69, 9.17) is 0 Å². The minimum Gasteiger partial charge on any atom is -0.340 e. The lowest BCUT2D eigenvalue weighted by atomic mass is 9.84. The summed E-state index contributed by atoms with van der Waals surface area (Å²) in [6.07, 6.45) is 0. The molecule has 0 bridgehead atoms. The Labute approximate surface area is 191 Å². The Balaban J connectivity index is 1.73. The predicted octanol–water partition coefficient (Wildman–Crippen LogP) is 4.17. The van der Waals surface area contributed by atoms with Gasteiger partial charge in [-0.2, -0.15) is 0 Å². The molecule has 1 N–H and O–H groups in total. The molecule has 2 aromatic rings. The van der Waals surface area contributed by atoms with E-state index in [1.165, 1.54) is 4.90 Å². The number of rotatable bonds is 5. The molecule has 7 heteroatoms. The number of hydrogen-bond donors (Lipinski definition) is 1. The van der Waals surface area contributed by atoms with Gasteiger partial charge in [-0.05, 0) is 35.1 Å². The third-order valence-electron chi connectivity index (χ3n) is 5.69. The van der Waals surface area contributed by atoms with Crippen LogP contribution in [0.3, 0.4) is 0 Å². The Bertz CT molecular complexity index is 1010. The van der Waals surface area contributed by atoms with Crippen molar-refractivity contribution in [3.05, 3.63) is 69.7 Å². The van der Waals surface area contributed by atoms with E-state index in [9.17, 15) is 14.4 Å². The van der Waals surface area contributed by atoms with Gasteiger partial charge in [0.2, 0.25) is 5.91 Å². The molecule has 0 radical (unpaired) electrons. The smallest absolute Gasteiger partial charge is 0.325 e. The monoisotopic (exact) mass is 485 g/mol. The fourth-order valence-electron chi connectivity index (χ4n) is 3.57. The number of hydrogen-bond acceptors (Lipinski definition) is 3. The summed E-state index contributed by atoms with van der Waals surface area (Å²) in [6.45, 7) is 8.09. The maximum Gasteiger partial charge on any atom is 0.325 e. The van der Waals surface area contributed by atoms with Crippen LogP contribution in [-0.2, 0) is 27.1 Å². The highest BCUT2D eigenvalue weighted by molar-refractivity contribution is 9.10. The van der Waals surface area contributed by atoms with Gasteiger partial charge in [0.15, 0.2) is 0 Å².